The van der Waals surface area contributed by atoms with Crippen LogP contribution in [-0.4, -0.2) is 6.04 Å². The fourth-order valence-corrected chi connectivity index (χ4v) is 2.62. The normalized spacial score (nSPS) is 20.7. The van der Waals surface area contributed by atoms with E-state index in [0.29, 0.717) is 16.6 Å². The van der Waals surface area contributed by atoms with E-state index in [2.05, 4.69) is 39.1 Å². The Hall–Kier alpha value is -1.20. The predicted molar refractivity (Wildman–Crippen MR) is 71.1 cm³/mol. The van der Waals surface area contributed by atoms with Crippen LogP contribution in [0.4, 0.5) is 5.69 Å². The molecule has 0 radical (unpaired) electrons. The van der Waals surface area contributed by atoms with Gasteiger partial charge in [-0.15, -0.1) is 0 Å². The molecule has 2 nitrogen and oxygen atoms in total. The van der Waals surface area contributed by atoms with Crippen LogP contribution < -0.4 is 5.32 Å². The van der Waals surface area contributed by atoms with E-state index in [9.17, 15) is 0 Å². The maximum absolute atomic E-state index is 9.07. The van der Waals surface area contributed by atoms with E-state index >= 15 is 0 Å². The molecule has 0 heterocycles. The summed E-state index contributed by atoms with van der Waals surface area (Å²) in [6.45, 7) is 8.95. The minimum atomic E-state index is 0.238. The molecule has 0 unspecified atom stereocenters. The molecule has 17 heavy (non-hydrogen) atoms. The summed E-state index contributed by atoms with van der Waals surface area (Å²) >= 11 is 5.97. The summed E-state index contributed by atoms with van der Waals surface area (Å²) in [4.78, 5) is 0. The molecule has 0 bridgehead atoms. The maximum atomic E-state index is 9.07. The third kappa shape index (κ3) is 1.79. The van der Waals surface area contributed by atoms with Crippen molar-refractivity contribution in [1.29, 1.82) is 5.26 Å². The number of nitrogens with one attached hydrogen (secondary N) is 1. The Kier molecular flexibility index (Phi) is 2.63. The molecule has 1 aliphatic rings. The van der Waals surface area contributed by atoms with Crippen molar-refractivity contribution in [3.05, 3.63) is 28.8 Å². The SMILES string of the molecule is CC1(C)C(Nc2cc(Cl)ccc2C#N)C1(C)C. The van der Waals surface area contributed by atoms with Crippen LogP contribution in [0, 0.1) is 22.2 Å². The first-order valence-corrected chi connectivity index (χ1v) is 6.14. The average molecular weight is 249 g/mol. The quantitative estimate of drug-likeness (QED) is 0.857. The Bertz CT molecular complexity index is 483. The van der Waals surface area contributed by atoms with Crippen molar-refractivity contribution in [2.75, 3.05) is 5.32 Å². The van der Waals surface area contributed by atoms with Gasteiger partial charge in [-0.05, 0) is 29.0 Å². The summed E-state index contributed by atoms with van der Waals surface area (Å²) < 4.78 is 0. The highest BCUT2D eigenvalue weighted by Crippen LogP contribution is 2.63. The van der Waals surface area contributed by atoms with Gasteiger partial charge in [0.1, 0.15) is 6.07 Å². The molecular weight excluding hydrogens is 232 g/mol. The molecule has 0 atom stereocenters. The van der Waals surface area contributed by atoms with Crippen molar-refractivity contribution in [3.63, 3.8) is 0 Å². The fourth-order valence-electron chi connectivity index (χ4n) is 2.45. The first kappa shape index (κ1) is 12.3. The van der Waals surface area contributed by atoms with E-state index in [4.69, 9.17) is 16.9 Å². The van der Waals surface area contributed by atoms with Gasteiger partial charge in [0.2, 0.25) is 0 Å². The largest absolute Gasteiger partial charge is 0.380 e. The molecule has 1 aromatic carbocycles. The number of nitriles is 1. The molecule has 90 valence electrons. The van der Waals surface area contributed by atoms with Crippen LogP contribution >= 0.6 is 11.6 Å². The van der Waals surface area contributed by atoms with Crippen LogP contribution in [0.15, 0.2) is 18.2 Å². The number of hydrogen-bond acceptors (Lipinski definition) is 2. The Labute approximate surface area is 108 Å². The van der Waals surface area contributed by atoms with E-state index in [1.165, 1.54) is 0 Å². The molecule has 0 spiro atoms. The molecular formula is C14H17ClN2. The van der Waals surface area contributed by atoms with Crippen LogP contribution in [0.2, 0.25) is 5.02 Å². The second-order valence-electron chi connectivity index (χ2n) is 5.82. The highest BCUT2D eigenvalue weighted by atomic mass is 35.5. The van der Waals surface area contributed by atoms with Crippen LogP contribution in [-0.2, 0) is 0 Å². The first-order valence-electron chi connectivity index (χ1n) is 5.77. The van der Waals surface area contributed by atoms with E-state index in [-0.39, 0.29) is 10.8 Å². The highest BCUT2D eigenvalue weighted by molar-refractivity contribution is 6.30. The van der Waals surface area contributed by atoms with Gasteiger partial charge in [-0.25, -0.2) is 0 Å². The number of anilines is 1. The van der Waals surface area contributed by atoms with E-state index in [0.717, 1.165) is 5.69 Å². The lowest BCUT2D eigenvalue weighted by Crippen LogP contribution is -2.11. The summed E-state index contributed by atoms with van der Waals surface area (Å²) in [6, 6.07) is 7.89. The molecule has 1 fully saturated rings. The lowest BCUT2D eigenvalue weighted by molar-refractivity contribution is 0.457. The molecule has 1 aromatic rings. The lowest BCUT2D eigenvalue weighted by Gasteiger charge is -2.10. The maximum Gasteiger partial charge on any atom is 0.101 e. The monoisotopic (exact) mass is 248 g/mol. The zero-order chi connectivity index (χ0) is 12.8. The third-order valence-electron chi connectivity index (χ3n) is 4.42. The summed E-state index contributed by atoms with van der Waals surface area (Å²) in [5.41, 5.74) is 1.96. The molecule has 0 saturated heterocycles. The second kappa shape index (κ2) is 3.65. The zero-order valence-electron chi connectivity index (χ0n) is 10.6. The number of rotatable bonds is 2. The Balaban J connectivity index is 2.27. The summed E-state index contributed by atoms with van der Waals surface area (Å²) in [5, 5.41) is 13.2. The number of benzene rings is 1. The third-order valence-corrected chi connectivity index (χ3v) is 4.66. The second-order valence-corrected chi connectivity index (χ2v) is 6.26. The Morgan fingerprint density at radius 3 is 2.29 bits per heavy atom. The minimum Gasteiger partial charge on any atom is -0.380 e. The summed E-state index contributed by atoms with van der Waals surface area (Å²) in [6.07, 6.45) is 0. The van der Waals surface area contributed by atoms with Gasteiger partial charge in [0, 0.05) is 11.1 Å². The van der Waals surface area contributed by atoms with Crippen LogP contribution in [0.5, 0.6) is 0 Å². The fraction of sp³-hybridized carbons (Fsp3) is 0.500. The van der Waals surface area contributed by atoms with Gasteiger partial charge in [-0.1, -0.05) is 39.3 Å². The van der Waals surface area contributed by atoms with E-state index in [1.54, 1.807) is 12.1 Å². The van der Waals surface area contributed by atoms with Crippen LogP contribution in [0.25, 0.3) is 0 Å². The van der Waals surface area contributed by atoms with Gasteiger partial charge in [0.05, 0.1) is 11.3 Å². The number of hydrogen-bond donors (Lipinski definition) is 1. The molecule has 2 rings (SSSR count). The van der Waals surface area contributed by atoms with Gasteiger partial charge >= 0.3 is 0 Å². The summed E-state index contributed by atoms with van der Waals surface area (Å²) in [5.74, 6) is 0. The Morgan fingerprint density at radius 1 is 1.24 bits per heavy atom. The number of nitrogens with zero attached hydrogens (tertiary/aromatic N) is 1. The van der Waals surface area contributed by atoms with Crippen molar-refractivity contribution < 1.29 is 0 Å². The molecule has 1 N–H and O–H groups in total. The van der Waals surface area contributed by atoms with Gasteiger partial charge in [-0.2, -0.15) is 5.26 Å². The molecule has 3 heteroatoms. The van der Waals surface area contributed by atoms with Gasteiger partial charge in [0.15, 0.2) is 0 Å². The number of halogens is 1. The van der Waals surface area contributed by atoms with E-state index in [1.807, 2.05) is 6.07 Å². The summed E-state index contributed by atoms with van der Waals surface area (Å²) in [7, 11) is 0. The smallest absolute Gasteiger partial charge is 0.101 e. The van der Waals surface area contributed by atoms with Crippen molar-refractivity contribution in [1.82, 2.24) is 0 Å². The minimum absolute atomic E-state index is 0.238. The van der Waals surface area contributed by atoms with Crippen molar-refractivity contribution in [2.24, 2.45) is 10.8 Å². The lowest BCUT2D eigenvalue weighted by atomic mass is 10.0. The van der Waals surface area contributed by atoms with Crippen molar-refractivity contribution >= 4 is 17.3 Å². The van der Waals surface area contributed by atoms with Crippen LogP contribution in [0.3, 0.4) is 0 Å². The molecule has 1 aliphatic carbocycles. The van der Waals surface area contributed by atoms with Crippen molar-refractivity contribution in [3.8, 4) is 6.07 Å². The average Bonchev–Trinajstić information content (AvgIpc) is 2.61. The van der Waals surface area contributed by atoms with Crippen LogP contribution in [0.1, 0.15) is 33.3 Å². The van der Waals surface area contributed by atoms with Crippen molar-refractivity contribution in [2.45, 2.75) is 33.7 Å². The van der Waals surface area contributed by atoms with Gasteiger partial charge in [-0.3, -0.25) is 0 Å². The topological polar surface area (TPSA) is 35.8 Å². The molecule has 0 amide bonds. The predicted octanol–water partition coefficient (Wildman–Crippen LogP) is 4.06. The van der Waals surface area contributed by atoms with Gasteiger partial charge in [0.25, 0.3) is 0 Å². The molecule has 0 aromatic heterocycles. The first-order chi connectivity index (χ1) is 7.80. The molecule has 0 aliphatic heterocycles. The molecule has 1 saturated carbocycles. The standard InChI is InChI=1S/C14H17ClN2/c1-13(2)12(14(13,3)4)17-11-7-10(15)6-5-9(11)8-16/h5-7,12,17H,1-4H3. The van der Waals surface area contributed by atoms with Gasteiger partial charge < -0.3 is 5.32 Å². The zero-order valence-corrected chi connectivity index (χ0v) is 11.4. The van der Waals surface area contributed by atoms with E-state index < -0.39 is 0 Å². The Morgan fingerprint density at radius 2 is 1.82 bits per heavy atom. The highest BCUT2D eigenvalue weighted by Gasteiger charge is 2.65.